The number of para-hydroxylation sites is 1. The third kappa shape index (κ3) is 4.56. The van der Waals surface area contributed by atoms with Crippen LogP contribution in [0.25, 0.3) is 0 Å². The van der Waals surface area contributed by atoms with Crippen molar-refractivity contribution in [1.82, 2.24) is 4.90 Å². The number of hydrogen-bond donors (Lipinski definition) is 1. The van der Waals surface area contributed by atoms with Crippen LogP contribution in [0, 0.1) is 11.3 Å². The van der Waals surface area contributed by atoms with E-state index in [1.54, 1.807) is 11.8 Å². The van der Waals surface area contributed by atoms with Crippen LogP contribution in [0.5, 0.6) is 0 Å². The molecule has 0 aromatic heterocycles. The fourth-order valence-electron chi connectivity index (χ4n) is 3.52. The topological polar surface area (TPSA) is 67.6 Å². The summed E-state index contributed by atoms with van der Waals surface area (Å²) in [6.45, 7) is 5.01. The summed E-state index contributed by atoms with van der Waals surface area (Å²) >= 11 is 0. The van der Waals surface area contributed by atoms with Crippen LogP contribution in [0.2, 0.25) is 0 Å². The lowest BCUT2D eigenvalue weighted by Crippen LogP contribution is -2.49. The van der Waals surface area contributed by atoms with Gasteiger partial charge in [0.05, 0.1) is 24.6 Å². The number of hydrogen-bond acceptors (Lipinski definition) is 4. The van der Waals surface area contributed by atoms with Crippen LogP contribution in [0.4, 0.5) is 5.69 Å². The first kappa shape index (κ1) is 18.4. The number of aliphatic hydroxyl groups excluding tert-OH is 1. The summed E-state index contributed by atoms with van der Waals surface area (Å²) < 4.78 is 0. The second-order valence-corrected chi connectivity index (χ2v) is 6.53. The van der Waals surface area contributed by atoms with Crippen LogP contribution in [0.3, 0.4) is 0 Å². The predicted octanol–water partition coefficient (Wildman–Crippen LogP) is 2.56. The van der Waals surface area contributed by atoms with Crippen molar-refractivity contribution in [2.75, 3.05) is 18.0 Å². The number of nitrogens with zero attached hydrogens (tertiary/aromatic N) is 3. The molecule has 1 aromatic carbocycles. The molecule has 1 amide bonds. The lowest BCUT2D eigenvalue weighted by atomic mass is 10.1. The molecule has 1 N–H and O–H groups in total. The number of amides is 1. The fourth-order valence-corrected chi connectivity index (χ4v) is 3.52. The van der Waals surface area contributed by atoms with Gasteiger partial charge < -0.3 is 10.0 Å². The van der Waals surface area contributed by atoms with Gasteiger partial charge in [0.1, 0.15) is 0 Å². The number of carbonyl (C=O) groups excluding carboxylic acids is 1. The van der Waals surface area contributed by atoms with Gasteiger partial charge in [0, 0.05) is 18.3 Å². The Balaban J connectivity index is 2.14. The van der Waals surface area contributed by atoms with Crippen molar-refractivity contribution in [1.29, 1.82) is 5.26 Å². The monoisotopic (exact) mass is 329 g/mol. The van der Waals surface area contributed by atoms with E-state index in [0.717, 1.165) is 25.1 Å². The number of nitriles is 1. The predicted molar refractivity (Wildman–Crippen MR) is 94.5 cm³/mol. The van der Waals surface area contributed by atoms with Gasteiger partial charge in [-0.3, -0.25) is 9.69 Å². The molecule has 5 nitrogen and oxygen atoms in total. The molecule has 1 heterocycles. The molecule has 3 unspecified atom stereocenters. The second kappa shape index (κ2) is 8.81. The van der Waals surface area contributed by atoms with E-state index >= 15 is 0 Å². The van der Waals surface area contributed by atoms with E-state index in [1.807, 2.05) is 37.3 Å². The summed E-state index contributed by atoms with van der Waals surface area (Å²) in [5.74, 6) is 0.0222. The molecule has 130 valence electrons. The molecule has 1 aromatic rings. The molecule has 0 spiro atoms. The first-order valence-corrected chi connectivity index (χ1v) is 8.71. The maximum absolute atomic E-state index is 13.1. The van der Waals surface area contributed by atoms with Crippen molar-refractivity contribution in [2.45, 2.75) is 57.7 Å². The molecule has 0 radical (unpaired) electrons. The summed E-state index contributed by atoms with van der Waals surface area (Å²) in [5, 5.41) is 18.6. The Morgan fingerprint density at radius 1 is 1.42 bits per heavy atom. The van der Waals surface area contributed by atoms with Gasteiger partial charge in [-0.2, -0.15) is 5.26 Å². The minimum absolute atomic E-state index is 0.0222. The van der Waals surface area contributed by atoms with Crippen molar-refractivity contribution in [3.63, 3.8) is 0 Å². The summed E-state index contributed by atoms with van der Waals surface area (Å²) in [6, 6.07) is 11.6. The maximum atomic E-state index is 13.1. The average molecular weight is 329 g/mol. The Kier molecular flexibility index (Phi) is 6.77. The van der Waals surface area contributed by atoms with E-state index in [2.05, 4.69) is 11.0 Å². The highest BCUT2D eigenvalue weighted by Crippen LogP contribution is 2.26. The van der Waals surface area contributed by atoms with Crippen molar-refractivity contribution in [2.24, 2.45) is 0 Å². The van der Waals surface area contributed by atoms with E-state index in [9.17, 15) is 9.90 Å². The molecule has 0 saturated carbocycles. The molecule has 2 rings (SSSR count). The molecule has 3 atom stereocenters. The number of anilines is 1. The molecule has 1 aliphatic rings. The summed E-state index contributed by atoms with van der Waals surface area (Å²) in [7, 11) is 0. The van der Waals surface area contributed by atoms with Crippen molar-refractivity contribution >= 4 is 11.6 Å². The Morgan fingerprint density at radius 3 is 2.75 bits per heavy atom. The molecule has 5 heteroatoms. The van der Waals surface area contributed by atoms with Gasteiger partial charge in [-0.1, -0.05) is 18.2 Å². The highest BCUT2D eigenvalue weighted by Gasteiger charge is 2.34. The normalized spacial score (nSPS) is 20.3. The van der Waals surface area contributed by atoms with Crippen molar-refractivity contribution in [3.05, 3.63) is 30.3 Å². The first-order chi connectivity index (χ1) is 11.5. The van der Waals surface area contributed by atoms with E-state index in [4.69, 9.17) is 5.26 Å². The molecule has 0 aliphatic carbocycles. The van der Waals surface area contributed by atoms with Crippen LogP contribution in [-0.2, 0) is 4.79 Å². The van der Waals surface area contributed by atoms with E-state index < -0.39 is 0 Å². The van der Waals surface area contributed by atoms with Gasteiger partial charge in [-0.05, 0) is 51.8 Å². The minimum atomic E-state index is -0.360. The fraction of sp³-hybridized carbons (Fsp3) is 0.579. The molecule has 1 saturated heterocycles. The molecular weight excluding hydrogens is 302 g/mol. The third-order valence-electron chi connectivity index (χ3n) is 4.67. The Morgan fingerprint density at radius 2 is 2.12 bits per heavy atom. The van der Waals surface area contributed by atoms with E-state index in [1.165, 1.54) is 0 Å². The van der Waals surface area contributed by atoms with Gasteiger partial charge in [0.15, 0.2) is 0 Å². The summed E-state index contributed by atoms with van der Waals surface area (Å²) in [6.07, 6.45) is 2.72. The molecule has 0 bridgehead atoms. The van der Waals surface area contributed by atoms with Crippen molar-refractivity contribution < 1.29 is 9.90 Å². The first-order valence-electron chi connectivity index (χ1n) is 8.71. The van der Waals surface area contributed by atoms with Crippen LogP contribution in [0.1, 0.15) is 39.5 Å². The summed E-state index contributed by atoms with van der Waals surface area (Å²) in [4.78, 5) is 17.0. The highest BCUT2D eigenvalue weighted by atomic mass is 16.3. The lowest BCUT2D eigenvalue weighted by molar-refractivity contribution is -0.123. The van der Waals surface area contributed by atoms with Gasteiger partial charge in [-0.15, -0.1) is 0 Å². The van der Waals surface area contributed by atoms with Gasteiger partial charge >= 0.3 is 0 Å². The third-order valence-corrected chi connectivity index (χ3v) is 4.67. The van der Waals surface area contributed by atoms with E-state index in [-0.39, 0.29) is 24.1 Å². The Labute approximate surface area is 144 Å². The molecular formula is C19H27N3O2. The number of carbonyl (C=O) groups is 1. The lowest BCUT2D eigenvalue weighted by Gasteiger charge is -2.34. The summed E-state index contributed by atoms with van der Waals surface area (Å²) in [5.41, 5.74) is 0.830. The van der Waals surface area contributed by atoms with Crippen LogP contribution < -0.4 is 4.90 Å². The second-order valence-electron chi connectivity index (χ2n) is 6.53. The van der Waals surface area contributed by atoms with Crippen LogP contribution in [-0.4, -0.2) is 47.2 Å². The van der Waals surface area contributed by atoms with Crippen molar-refractivity contribution in [3.8, 4) is 6.07 Å². The van der Waals surface area contributed by atoms with E-state index in [0.29, 0.717) is 19.4 Å². The minimum Gasteiger partial charge on any atom is -0.393 e. The van der Waals surface area contributed by atoms with Gasteiger partial charge in [0.2, 0.25) is 5.91 Å². The standard InChI is InChI=1S/C19H27N3O2/c1-15(23)14-18-10-6-12-21(18)16(2)19(24)22(13-7-11-20)17-8-4-3-5-9-17/h3-5,8-9,15-16,18,23H,6-7,10,12-14H2,1-2H3. The number of rotatable bonds is 7. The largest absolute Gasteiger partial charge is 0.393 e. The van der Waals surface area contributed by atoms with Gasteiger partial charge in [-0.25, -0.2) is 0 Å². The molecule has 24 heavy (non-hydrogen) atoms. The average Bonchev–Trinajstić information content (AvgIpc) is 3.02. The smallest absolute Gasteiger partial charge is 0.244 e. The molecule has 1 aliphatic heterocycles. The zero-order valence-electron chi connectivity index (χ0n) is 14.6. The SMILES string of the molecule is CC(O)CC1CCCN1C(C)C(=O)N(CCC#N)c1ccccc1. The Bertz CT molecular complexity index is 568. The van der Waals surface area contributed by atoms with Crippen LogP contribution in [0.15, 0.2) is 30.3 Å². The zero-order valence-corrected chi connectivity index (χ0v) is 14.6. The van der Waals surface area contributed by atoms with Gasteiger partial charge in [0.25, 0.3) is 0 Å². The number of aliphatic hydroxyl groups is 1. The number of likely N-dealkylation sites (tertiary alicyclic amines) is 1. The quantitative estimate of drug-likeness (QED) is 0.835. The zero-order chi connectivity index (χ0) is 17.5. The van der Waals surface area contributed by atoms with Crippen LogP contribution >= 0.6 is 0 Å². The molecule has 1 fully saturated rings. The highest BCUT2D eigenvalue weighted by molar-refractivity contribution is 5.97. The Hall–Kier alpha value is -1.90. The number of benzene rings is 1. The maximum Gasteiger partial charge on any atom is 0.244 e.